The van der Waals surface area contributed by atoms with Crippen LogP contribution in [0.3, 0.4) is 0 Å². The van der Waals surface area contributed by atoms with Crippen LogP contribution < -0.4 is 0 Å². The van der Waals surface area contributed by atoms with Gasteiger partial charge < -0.3 is 20.1 Å². The lowest BCUT2D eigenvalue weighted by molar-refractivity contribution is -0.141. The second kappa shape index (κ2) is 9.62. The first-order chi connectivity index (χ1) is 6.56. The van der Waals surface area contributed by atoms with Gasteiger partial charge in [0.1, 0.15) is 6.29 Å². The van der Waals surface area contributed by atoms with Crippen molar-refractivity contribution in [2.75, 3.05) is 26.7 Å². The fourth-order valence-electron chi connectivity index (χ4n) is 0.673. The third kappa shape index (κ3) is 10.5. The van der Waals surface area contributed by atoms with E-state index in [9.17, 15) is 14.4 Å². The lowest BCUT2D eigenvalue weighted by Gasteiger charge is -2.13. The van der Waals surface area contributed by atoms with Crippen LogP contribution >= 0.6 is 0 Å². The van der Waals surface area contributed by atoms with Crippen molar-refractivity contribution in [3.8, 4) is 0 Å². The molecular weight excluding hydrogens is 194 g/mol. The van der Waals surface area contributed by atoms with Crippen LogP contribution in [0.1, 0.15) is 0 Å². The van der Waals surface area contributed by atoms with Crippen LogP contribution in [0, 0.1) is 0 Å². The molecule has 0 aromatic heterocycles. The molecule has 0 aliphatic heterocycles. The van der Waals surface area contributed by atoms with E-state index in [4.69, 9.17) is 15.3 Å². The van der Waals surface area contributed by atoms with E-state index < -0.39 is 25.0 Å². The third-order valence-corrected chi connectivity index (χ3v) is 1.05. The number of aldehydes is 1. The molecule has 0 heterocycles. The summed E-state index contributed by atoms with van der Waals surface area (Å²) in [5.74, 6) is -2.31. The molecule has 0 radical (unpaired) electrons. The van der Waals surface area contributed by atoms with E-state index in [1.165, 1.54) is 0 Å². The van der Waals surface area contributed by atoms with E-state index in [1.807, 2.05) is 0 Å². The number of carbonyl (C=O) groups is 3. The Labute approximate surface area is 80.6 Å². The number of hydrogen-bond acceptors (Lipinski definition) is 5. The largest absolute Gasteiger partial charge is 0.480 e. The monoisotopic (exact) mass is 207 g/mol. The molecule has 7 nitrogen and oxygen atoms in total. The highest BCUT2D eigenvalue weighted by Gasteiger charge is 2.11. The topological polar surface area (TPSA) is 115 Å². The van der Waals surface area contributed by atoms with Gasteiger partial charge in [-0.25, -0.2) is 0 Å². The number of aliphatic carboxylic acids is 2. The Hall–Kier alpha value is -1.47. The Morgan fingerprint density at radius 1 is 1.14 bits per heavy atom. The number of carboxylic acids is 2. The molecule has 0 spiro atoms. The predicted molar refractivity (Wildman–Crippen MR) is 45.9 cm³/mol. The molecule has 0 bridgehead atoms. The fraction of sp³-hybridized carbons (Fsp3) is 0.571. The van der Waals surface area contributed by atoms with Crippen LogP contribution in [0.25, 0.3) is 0 Å². The van der Waals surface area contributed by atoms with Crippen LogP contribution in [0.15, 0.2) is 0 Å². The van der Waals surface area contributed by atoms with Gasteiger partial charge in [-0.15, -0.1) is 0 Å². The Morgan fingerprint density at radius 2 is 1.50 bits per heavy atom. The maximum Gasteiger partial charge on any atom is 0.317 e. The highest BCUT2D eigenvalue weighted by atomic mass is 16.4. The van der Waals surface area contributed by atoms with Crippen LogP contribution in [0.2, 0.25) is 0 Å². The summed E-state index contributed by atoms with van der Waals surface area (Å²) in [7, 11) is 1.00. The smallest absolute Gasteiger partial charge is 0.317 e. The van der Waals surface area contributed by atoms with Gasteiger partial charge in [0.05, 0.1) is 19.6 Å². The molecule has 0 unspecified atom stereocenters. The van der Waals surface area contributed by atoms with E-state index >= 15 is 0 Å². The number of rotatable bonds is 6. The summed E-state index contributed by atoms with van der Waals surface area (Å²) >= 11 is 0. The molecule has 0 amide bonds. The Bertz CT molecular complexity index is 177. The van der Waals surface area contributed by atoms with Crippen molar-refractivity contribution in [1.82, 2.24) is 4.90 Å². The highest BCUT2D eigenvalue weighted by molar-refractivity contribution is 5.73. The van der Waals surface area contributed by atoms with Gasteiger partial charge in [0.15, 0.2) is 0 Å². The third-order valence-electron chi connectivity index (χ3n) is 1.05. The van der Waals surface area contributed by atoms with Crippen molar-refractivity contribution < 1.29 is 29.7 Å². The second-order valence-electron chi connectivity index (χ2n) is 2.12. The Morgan fingerprint density at radius 3 is 1.71 bits per heavy atom. The summed E-state index contributed by atoms with van der Waals surface area (Å²) in [6, 6.07) is 0. The van der Waals surface area contributed by atoms with Crippen molar-refractivity contribution in [3.05, 3.63) is 0 Å². The molecule has 0 atom stereocenters. The number of aliphatic hydroxyl groups is 1. The highest BCUT2D eigenvalue weighted by Crippen LogP contribution is 1.85. The van der Waals surface area contributed by atoms with E-state index in [2.05, 4.69) is 0 Å². The molecule has 14 heavy (non-hydrogen) atoms. The average Bonchev–Trinajstić information content (AvgIpc) is 2.06. The van der Waals surface area contributed by atoms with E-state index in [0.717, 1.165) is 12.0 Å². The van der Waals surface area contributed by atoms with Gasteiger partial charge in [-0.2, -0.15) is 0 Å². The van der Waals surface area contributed by atoms with Crippen LogP contribution in [-0.2, 0) is 14.4 Å². The van der Waals surface area contributed by atoms with Gasteiger partial charge in [0, 0.05) is 7.11 Å². The number of hydrogen-bond donors (Lipinski definition) is 3. The van der Waals surface area contributed by atoms with Gasteiger partial charge in [0.25, 0.3) is 0 Å². The van der Waals surface area contributed by atoms with Crippen LogP contribution in [-0.4, -0.2) is 65.2 Å². The molecule has 0 fully saturated rings. The summed E-state index contributed by atoms with van der Waals surface area (Å²) in [5.41, 5.74) is 0. The van der Waals surface area contributed by atoms with Crippen LogP contribution in [0.5, 0.6) is 0 Å². The molecule has 0 aliphatic rings. The molecule has 0 saturated carbocycles. The van der Waals surface area contributed by atoms with Crippen molar-refractivity contribution in [1.29, 1.82) is 0 Å². The number of carbonyl (C=O) groups excluding carboxylic acids is 1. The summed E-state index contributed by atoms with van der Waals surface area (Å²) in [5, 5.41) is 23.5. The van der Waals surface area contributed by atoms with Gasteiger partial charge in [0.2, 0.25) is 0 Å². The molecule has 82 valence electrons. The van der Waals surface area contributed by atoms with Gasteiger partial charge in [-0.1, -0.05) is 0 Å². The minimum Gasteiger partial charge on any atom is -0.480 e. The van der Waals surface area contributed by atoms with E-state index in [1.54, 1.807) is 0 Å². The summed E-state index contributed by atoms with van der Waals surface area (Å²) < 4.78 is 0. The second-order valence-corrected chi connectivity index (χ2v) is 2.12. The predicted octanol–water partition coefficient (Wildman–Crippen LogP) is -1.73. The lowest BCUT2D eigenvalue weighted by Crippen LogP contribution is -2.35. The van der Waals surface area contributed by atoms with Gasteiger partial charge >= 0.3 is 11.9 Å². The van der Waals surface area contributed by atoms with Crippen molar-refractivity contribution >= 4 is 18.2 Å². The standard InChI is InChI=1S/C6H9NO5.CH4O/c8-2-1-7(3-5(9)10)4-6(11)12;1-2/h2H,1,3-4H2,(H,9,10)(H,11,12);2H,1H3. The van der Waals surface area contributed by atoms with Gasteiger partial charge in [-0.3, -0.25) is 14.5 Å². The zero-order valence-electron chi connectivity index (χ0n) is 7.71. The van der Waals surface area contributed by atoms with E-state index in [0.29, 0.717) is 6.29 Å². The number of aliphatic hydroxyl groups excluding tert-OH is 1. The lowest BCUT2D eigenvalue weighted by atomic mass is 10.4. The summed E-state index contributed by atoms with van der Waals surface area (Å²) in [6.07, 6.45) is 0.464. The number of carboxylic acid groups (broad SMARTS) is 2. The zero-order valence-corrected chi connectivity index (χ0v) is 7.71. The molecule has 3 N–H and O–H groups in total. The molecule has 0 saturated heterocycles. The normalized spacial score (nSPS) is 8.79. The molecule has 0 aromatic carbocycles. The van der Waals surface area contributed by atoms with Crippen molar-refractivity contribution in [2.45, 2.75) is 0 Å². The minimum atomic E-state index is -1.15. The Kier molecular flexibility index (Phi) is 10.3. The maximum atomic E-state index is 10.1. The molecular formula is C7H13NO6. The Balaban J connectivity index is 0. The quantitative estimate of drug-likeness (QED) is 0.443. The molecule has 0 aliphatic carbocycles. The van der Waals surface area contributed by atoms with Crippen molar-refractivity contribution in [2.24, 2.45) is 0 Å². The average molecular weight is 207 g/mol. The zero-order chi connectivity index (χ0) is 11.6. The molecule has 0 aromatic rings. The SMILES string of the molecule is CO.O=CCN(CC(=O)O)CC(=O)O. The fourth-order valence-corrected chi connectivity index (χ4v) is 0.673. The summed E-state index contributed by atoms with van der Waals surface area (Å²) in [6.45, 7) is -1.06. The maximum absolute atomic E-state index is 10.1. The summed E-state index contributed by atoms with van der Waals surface area (Å²) in [4.78, 5) is 31.2. The molecule has 7 heteroatoms. The minimum absolute atomic E-state index is 0.182. The van der Waals surface area contributed by atoms with E-state index in [-0.39, 0.29) is 6.54 Å². The first kappa shape index (κ1) is 15.0. The van der Waals surface area contributed by atoms with Crippen molar-refractivity contribution in [3.63, 3.8) is 0 Å². The van der Waals surface area contributed by atoms with Gasteiger partial charge in [-0.05, 0) is 0 Å². The first-order valence-electron chi connectivity index (χ1n) is 3.60. The number of nitrogens with zero attached hydrogens (tertiary/aromatic N) is 1. The van der Waals surface area contributed by atoms with Crippen LogP contribution in [0.4, 0.5) is 0 Å². The first-order valence-corrected chi connectivity index (χ1v) is 3.60. The molecule has 0 rings (SSSR count).